The van der Waals surface area contributed by atoms with Gasteiger partial charge in [-0.1, -0.05) is 18.2 Å². The molecule has 2 amide bonds. The molecule has 0 unspecified atom stereocenters. The molecule has 0 bridgehead atoms. The number of amidine groups is 1. The molecule has 7 heteroatoms. The number of amides is 2. The van der Waals surface area contributed by atoms with Crippen molar-refractivity contribution in [3.63, 3.8) is 0 Å². The molecule has 130 valence electrons. The van der Waals surface area contributed by atoms with Crippen molar-refractivity contribution in [1.82, 2.24) is 10.7 Å². The standard InChI is InChI=1S/C18H20N4O3/c1-12(11-15-9-6-10-25-15)19-17(23)16-20-13(2)18(24)22(21-16)14-7-4-3-5-8-14/h3-10,12-13H,11H2,1-2H3,(H,19,23)(H,20,21)/t12-,13+/m0/s1. The first-order valence-corrected chi connectivity index (χ1v) is 8.11. The summed E-state index contributed by atoms with van der Waals surface area (Å²) in [6.07, 6.45) is 2.17. The molecule has 0 fully saturated rings. The number of carbonyl (C=O) groups is 2. The van der Waals surface area contributed by atoms with Crippen molar-refractivity contribution in [2.24, 2.45) is 4.99 Å². The molecule has 0 saturated heterocycles. The summed E-state index contributed by atoms with van der Waals surface area (Å²) in [4.78, 5) is 29.0. The molecule has 0 aliphatic carbocycles. The van der Waals surface area contributed by atoms with E-state index in [1.807, 2.05) is 37.3 Å². The summed E-state index contributed by atoms with van der Waals surface area (Å²) in [5.74, 6) is 0.328. The van der Waals surface area contributed by atoms with Gasteiger partial charge in [0.05, 0.1) is 12.0 Å². The van der Waals surface area contributed by atoms with Crippen LogP contribution in [0.25, 0.3) is 0 Å². The van der Waals surface area contributed by atoms with Crippen molar-refractivity contribution in [3.05, 3.63) is 54.5 Å². The Morgan fingerprint density at radius 3 is 2.76 bits per heavy atom. The quantitative estimate of drug-likeness (QED) is 0.867. The minimum absolute atomic E-state index is 0.113. The number of nitrogens with zero attached hydrogens (tertiary/aromatic N) is 2. The number of hydrazine groups is 1. The summed E-state index contributed by atoms with van der Waals surface area (Å²) in [6, 6.07) is 12.0. The Labute approximate surface area is 145 Å². The Morgan fingerprint density at radius 2 is 2.08 bits per heavy atom. The number of furan rings is 1. The monoisotopic (exact) mass is 340 g/mol. The van der Waals surface area contributed by atoms with Crippen molar-refractivity contribution < 1.29 is 14.0 Å². The second-order valence-electron chi connectivity index (χ2n) is 5.93. The zero-order chi connectivity index (χ0) is 17.8. The molecule has 0 radical (unpaired) electrons. The number of hydrogen-bond acceptors (Lipinski definition) is 5. The molecule has 1 aliphatic rings. The molecule has 2 N–H and O–H groups in total. The second kappa shape index (κ2) is 7.21. The van der Waals surface area contributed by atoms with Crippen molar-refractivity contribution in [2.45, 2.75) is 32.4 Å². The van der Waals surface area contributed by atoms with Gasteiger partial charge >= 0.3 is 0 Å². The molecule has 2 atom stereocenters. The van der Waals surface area contributed by atoms with Crippen LogP contribution < -0.4 is 15.8 Å². The number of anilines is 1. The van der Waals surface area contributed by atoms with Crippen molar-refractivity contribution >= 4 is 23.3 Å². The zero-order valence-electron chi connectivity index (χ0n) is 14.1. The van der Waals surface area contributed by atoms with Gasteiger partial charge < -0.3 is 9.73 Å². The van der Waals surface area contributed by atoms with Gasteiger partial charge in [0, 0.05) is 12.5 Å². The molecule has 7 nitrogen and oxygen atoms in total. The van der Waals surface area contributed by atoms with Crippen LogP contribution in [-0.4, -0.2) is 29.7 Å². The smallest absolute Gasteiger partial charge is 0.288 e. The predicted octanol–water partition coefficient (Wildman–Crippen LogP) is 1.67. The van der Waals surface area contributed by atoms with E-state index in [1.165, 1.54) is 5.01 Å². The average Bonchev–Trinajstić information content (AvgIpc) is 3.10. The molecule has 2 heterocycles. The molecule has 1 aromatic carbocycles. The van der Waals surface area contributed by atoms with Crippen molar-refractivity contribution in [1.29, 1.82) is 0 Å². The minimum Gasteiger partial charge on any atom is -0.469 e. The fraction of sp³-hybridized carbons (Fsp3) is 0.278. The van der Waals surface area contributed by atoms with Crippen LogP contribution in [0.5, 0.6) is 0 Å². The van der Waals surface area contributed by atoms with Crippen molar-refractivity contribution in [2.75, 3.05) is 5.01 Å². The summed E-state index contributed by atoms with van der Waals surface area (Å²) in [6.45, 7) is 3.55. The lowest BCUT2D eigenvalue weighted by atomic mass is 10.2. The summed E-state index contributed by atoms with van der Waals surface area (Å²) >= 11 is 0. The number of aliphatic imine (C=N–C) groups is 1. The molecule has 1 aromatic heterocycles. The maximum absolute atomic E-state index is 12.5. The first-order valence-electron chi connectivity index (χ1n) is 8.11. The van der Waals surface area contributed by atoms with E-state index in [2.05, 4.69) is 15.7 Å². The molecular formula is C18H20N4O3. The summed E-state index contributed by atoms with van der Waals surface area (Å²) in [7, 11) is 0. The van der Waals surface area contributed by atoms with E-state index < -0.39 is 6.04 Å². The third kappa shape index (κ3) is 3.88. The van der Waals surface area contributed by atoms with Gasteiger partial charge in [0.25, 0.3) is 11.8 Å². The van der Waals surface area contributed by atoms with E-state index in [0.29, 0.717) is 12.1 Å². The van der Waals surface area contributed by atoms with Crippen LogP contribution in [0.15, 0.2) is 58.1 Å². The van der Waals surface area contributed by atoms with Gasteiger partial charge in [-0.2, -0.15) is 0 Å². The van der Waals surface area contributed by atoms with Gasteiger partial charge in [-0.15, -0.1) is 0 Å². The van der Waals surface area contributed by atoms with Gasteiger partial charge in [-0.25, -0.2) is 10.0 Å². The Balaban J connectivity index is 1.69. The first-order chi connectivity index (χ1) is 12.0. The van der Waals surface area contributed by atoms with Gasteiger partial charge in [0.2, 0.25) is 5.84 Å². The average molecular weight is 340 g/mol. The van der Waals surface area contributed by atoms with Crippen LogP contribution in [0, 0.1) is 0 Å². The van der Waals surface area contributed by atoms with Crippen LogP contribution in [0.3, 0.4) is 0 Å². The lowest BCUT2D eigenvalue weighted by Gasteiger charge is -2.30. The zero-order valence-corrected chi connectivity index (χ0v) is 14.1. The Morgan fingerprint density at radius 1 is 1.32 bits per heavy atom. The molecule has 0 spiro atoms. The summed E-state index contributed by atoms with van der Waals surface area (Å²) < 4.78 is 5.29. The summed E-state index contributed by atoms with van der Waals surface area (Å²) in [5.41, 5.74) is 3.47. The van der Waals surface area contributed by atoms with Gasteiger partial charge in [-0.05, 0) is 38.1 Å². The van der Waals surface area contributed by atoms with Crippen LogP contribution in [0.4, 0.5) is 5.69 Å². The highest BCUT2D eigenvalue weighted by molar-refractivity contribution is 6.39. The third-order valence-electron chi connectivity index (χ3n) is 3.81. The molecular weight excluding hydrogens is 320 g/mol. The van der Waals surface area contributed by atoms with Crippen molar-refractivity contribution in [3.8, 4) is 0 Å². The molecule has 0 saturated carbocycles. The maximum Gasteiger partial charge on any atom is 0.288 e. The minimum atomic E-state index is -0.636. The lowest BCUT2D eigenvalue weighted by molar-refractivity contribution is -0.120. The third-order valence-corrected chi connectivity index (χ3v) is 3.81. The number of hydrogen-bond donors (Lipinski definition) is 2. The predicted molar refractivity (Wildman–Crippen MR) is 94.0 cm³/mol. The van der Waals surface area contributed by atoms with E-state index in [9.17, 15) is 9.59 Å². The Bertz CT molecular complexity index is 771. The second-order valence-corrected chi connectivity index (χ2v) is 5.93. The normalized spacial score (nSPS) is 18.3. The highest BCUT2D eigenvalue weighted by Gasteiger charge is 2.31. The number of carbonyl (C=O) groups excluding carboxylic acids is 2. The number of nitrogens with one attached hydrogen (secondary N) is 2. The van der Waals surface area contributed by atoms with Crippen LogP contribution in [0.2, 0.25) is 0 Å². The van der Waals surface area contributed by atoms with Gasteiger partial charge in [-0.3, -0.25) is 15.0 Å². The maximum atomic E-state index is 12.5. The topological polar surface area (TPSA) is 86.9 Å². The van der Waals surface area contributed by atoms with Gasteiger partial charge in [0.1, 0.15) is 11.8 Å². The fourth-order valence-corrected chi connectivity index (χ4v) is 2.58. The first kappa shape index (κ1) is 16.8. The SMILES string of the molecule is C[C@@H](Cc1ccco1)NC(=O)C1=N[C@H](C)C(=O)N(c2ccccc2)N1. The largest absolute Gasteiger partial charge is 0.469 e. The van der Waals surface area contributed by atoms with E-state index in [0.717, 1.165) is 5.76 Å². The Hall–Kier alpha value is -3.09. The highest BCUT2D eigenvalue weighted by atomic mass is 16.3. The van der Waals surface area contributed by atoms with Crippen LogP contribution >= 0.6 is 0 Å². The summed E-state index contributed by atoms with van der Waals surface area (Å²) in [5, 5.41) is 4.22. The molecule has 25 heavy (non-hydrogen) atoms. The van der Waals surface area contributed by atoms with E-state index >= 15 is 0 Å². The number of para-hydroxylation sites is 1. The molecule has 2 aromatic rings. The van der Waals surface area contributed by atoms with E-state index in [-0.39, 0.29) is 23.7 Å². The lowest BCUT2D eigenvalue weighted by Crippen LogP contribution is -2.58. The molecule has 3 rings (SSSR count). The highest BCUT2D eigenvalue weighted by Crippen LogP contribution is 2.16. The van der Waals surface area contributed by atoms with E-state index in [1.54, 1.807) is 25.3 Å². The number of rotatable bonds is 5. The van der Waals surface area contributed by atoms with Crippen LogP contribution in [-0.2, 0) is 16.0 Å². The number of benzene rings is 1. The van der Waals surface area contributed by atoms with Crippen LogP contribution in [0.1, 0.15) is 19.6 Å². The van der Waals surface area contributed by atoms with E-state index in [4.69, 9.17) is 4.42 Å². The fourth-order valence-electron chi connectivity index (χ4n) is 2.58. The molecule has 1 aliphatic heterocycles. The Kier molecular flexibility index (Phi) is 4.83. The van der Waals surface area contributed by atoms with Gasteiger partial charge in [0.15, 0.2) is 0 Å².